The van der Waals surface area contributed by atoms with Crippen LogP contribution in [-0.4, -0.2) is 37.1 Å². The molecular weight excluding hydrogens is 307 g/mol. The van der Waals surface area contributed by atoms with E-state index in [1.54, 1.807) is 0 Å². The maximum absolute atomic E-state index is 13.1. The Morgan fingerprint density at radius 3 is 2.47 bits per heavy atom. The summed E-state index contributed by atoms with van der Waals surface area (Å²) in [7, 11) is 4.17. The Hall–Kier alpha value is -0.450. The van der Waals surface area contributed by atoms with Crippen molar-refractivity contribution in [2.45, 2.75) is 38.8 Å². The van der Waals surface area contributed by atoms with Crippen molar-refractivity contribution in [2.24, 2.45) is 0 Å². The Morgan fingerprint density at radius 1 is 1.37 bits per heavy atom. The van der Waals surface area contributed by atoms with Crippen LogP contribution in [-0.2, 0) is 6.42 Å². The molecule has 1 unspecified atom stereocenters. The first-order valence-corrected chi connectivity index (χ1v) is 7.43. The molecule has 1 aromatic carbocycles. The highest BCUT2D eigenvalue weighted by Gasteiger charge is 2.31. The van der Waals surface area contributed by atoms with Gasteiger partial charge in [-0.1, -0.05) is 28.9 Å². The van der Waals surface area contributed by atoms with Gasteiger partial charge >= 0.3 is 0 Å². The zero-order valence-corrected chi connectivity index (χ0v) is 14.0. The lowest BCUT2D eigenvalue weighted by Gasteiger charge is -2.41. The Balaban J connectivity index is 2.95. The minimum Gasteiger partial charge on any atom is -0.312 e. The molecule has 0 aromatic heterocycles. The molecule has 1 N–H and O–H groups in total. The molecule has 1 aromatic rings. The SMILES string of the molecule is CCNC(Cc1ccc(F)cc1Br)C(C)(C)N(C)C. The summed E-state index contributed by atoms with van der Waals surface area (Å²) < 4.78 is 14.0. The van der Waals surface area contributed by atoms with Crippen molar-refractivity contribution in [3.8, 4) is 0 Å². The molecule has 0 aliphatic heterocycles. The molecule has 0 bridgehead atoms. The Kier molecular flexibility index (Phi) is 5.96. The monoisotopic (exact) mass is 330 g/mol. The summed E-state index contributed by atoms with van der Waals surface area (Å²) in [4.78, 5) is 2.22. The minimum atomic E-state index is -0.206. The number of likely N-dealkylation sites (N-methyl/N-ethyl adjacent to an activating group) is 2. The van der Waals surface area contributed by atoms with Gasteiger partial charge in [-0.2, -0.15) is 0 Å². The van der Waals surface area contributed by atoms with Gasteiger partial charge in [0.1, 0.15) is 5.82 Å². The Labute approximate surface area is 124 Å². The molecule has 4 heteroatoms. The Morgan fingerprint density at radius 2 is 2.00 bits per heavy atom. The van der Waals surface area contributed by atoms with Crippen molar-refractivity contribution < 1.29 is 4.39 Å². The first kappa shape index (κ1) is 16.6. The molecule has 108 valence electrons. The molecule has 0 fully saturated rings. The molecule has 0 radical (unpaired) electrons. The van der Waals surface area contributed by atoms with Crippen LogP contribution in [0.15, 0.2) is 22.7 Å². The number of nitrogens with one attached hydrogen (secondary N) is 1. The molecule has 0 aliphatic carbocycles. The van der Waals surface area contributed by atoms with Crippen molar-refractivity contribution in [1.29, 1.82) is 0 Å². The first-order chi connectivity index (χ1) is 8.78. The standard InChI is InChI=1S/C15H24BrFN2/c1-6-18-14(15(2,3)19(4)5)9-11-7-8-12(17)10-13(11)16/h7-8,10,14,18H,6,9H2,1-5H3. The average Bonchev–Trinajstić information content (AvgIpc) is 2.31. The van der Waals surface area contributed by atoms with Gasteiger partial charge < -0.3 is 10.2 Å². The van der Waals surface area contributed by atoms with Crippen LogP contribution in [0.3, 0.4) is 0 Å². The van der Waals surface area contributed by atoms with Crippen molar-refractivity contribution >= 4 is 15.9 Å². The van der Waals surface area contributed by atoms with E-state index >= 15 is 0 Å². The summed E-state index contributed by atoms with van der Waals surface area (Å²) >= 11 is 3.45. The highest BCUT2D eigenvalue weighted by Crippen LogP contribution is 2.24. The van der Waals surface area contributed by atoms with Crippen LogP contribution >= 0.6 is 15.9 Å². The van der Waals surface area contributed by atoms with Gasteiger partial charge in [-0.25, -0.2) is 4.39 Å². The van der Waals surface area contributed by atoms with Crippen molar-refractivity contribution in [2.75, 3.05) is 20.6 Å². The predicted molar refractivity (Wildman–Crippen MR) is 83.0 cm³/mol. The molecule has 0 saturated heterocycles. The fraction of sp³-hybridized carbons (Fsp3) is 0.600. The van der Waals surface area contributed by atoms with Gasteiger partial charge in [0, 0.05) is 16.1 Å². The number of rotatable bonds is 6. The third kappa shape index (κ3) is 4.26. The number of nitrogens with zero attached hydrogens (tertiary/aromatic N) is 1. The van der Waals surface area contributed by atoms with Crippen LogP contribution in [0.25, 0.3) is 0 Å². The summed E-state index contributed by atoms with van der Waals surface area (Å²) in [5, 5.41) is 3.54. The summed E-state index contributed by atoms with van der Waals surface area (Å²) in [6, 6.07) is 5.21. The zero-order chi connectivity index (χ0) is 14.6. The molecule has 0 amide bonds. The van der Waals surface area contributed by atoms with Crippen molar-refractivity contribution in [1.82, 2.24) is 10.2 Å². The maximum Gasteiger partial charge on any atom is 0.124 e. The topological polar surface area (TPSA) is 15.3 Å². The number of benzene rings is 1. The van der Waals surface area contributed by atoms with E-state index in [9.17, 15) is 4.39 Å². The highest BCUT2D eigenvalue weighted by atomic mass is 79.9. The first-order valence-electron chi connectivity index (χ1n) is 6.63. The second kappa shape index (κ2) is 6.82. The lowest BCUT2D eigenvalue weighted by molar-refractivity contribution is 0.138. The van der Waals surface area contributed by atoms with Crippen LogP contribution < -0.4 is 5.32 Å². The molecule has 0 spiro atoms. The summed E-state index contributed by atoms with van der Waals surface area (Å²) in [6.07, 6.45) is 0.861. The van der Waals surface area contributed by atoms with Gasteiger partial charge in [-0.05, 0) is 58.6 Å². The van der Waals surface area contributed by atoms with E-state index in [2.05, 4.69) is 61.0 Å². The molecule has 1 atom stereocenters. The largest absolute Gasteiger partial charge is 0.312 e. The summed E-state index contributed by atoms with van der Waals surface area (Å²) in [5.74, 6) is -0.206. The van der Waals surface area contributed by atoms with Crippen LogP contribution in [0, 0.1) is 5.82 Å². The van der Waals surface area contributed by atoms with E-state index in [1.165, 1.54) is 12.1 Å². The average molecular weight is 331 g/mol. The molecular formula is C15H24BrFN2. The van der Waals surface area contributed by atoms with Crippen LogP contribution in [0.4, 0.5) is 4.39 Å². The molecule has 0 heterocycles. The Bertz CT molecular complexity index is 419. The molecule has 0 aliphatic rings. The zero-order valence-electron chi connectivity index (χ0n) is 12.4. The van der Waals surface area contributed by atoms with Crippen LogP contribution in [0.5, 0.6) is 0 Å². The quantitative estimate of drug-likeness (QED) is 0.859. The van der Waals surface area contributed by atoms with Gasteiger partial charge in [0.25, 0.3) is 0 Å². The third-order valence-electron chi connectivity index (χ3n) is 3.90. The third-order valence-corrected chi connectivity index (χ3v) is 4.63. The predicted octanol–water partition coefficient (Wildman–Crippen LogP) is 3.45. The fourth-order valence-corrected chi connectivity index (χ4v) is 2.55. The van der Waals surface area contributed by atoms with Gasteiger partial charge in [0.05, 0.1) is 0 Å². The highest BCUT2D eigenvalue weighted by molar-refractivity contribution is 9.10. The molecule has 1 rings (SSSR count). The lowest BCUT2D eigenvalue weighted by atomic mass is 9.88. The van der Waals surface area contributed by atoms with E-state index in [0.717, 1.165) is 23.0 Å². The summed E-state index contributed by atoms with van der Waals surface area (Å²) in [6.45, 7) is 7.47. The smallest absolute Gasteiger partial charge is 0.124 e. The van der Waals surface area contributed by atoms with Crippen molar-refractivity contribution in [3.63, 3.8) is 0 Å². The normalized spacial score (nSPS) is 13.9. The van der Waals surface area contributed by atoms with E-state index in [-0.39, 0.29) is 11.4 Å². The molecule has 0 saturated carbocycles. The van der Waals surface area contributed by atoms with Gasteiger partial charge in [-0.15, -0.1) is 0 Å². The lowest BCUT2D eigenvalue weighted by Crippen LogP contribution is -2.56. The van der Waals surface area contributed by atoms with E-state index in [1.807, 2.05) is 6.07 Å². The van der Waals surface area contributed by atoms with E-state index in [4.69, 9.17) is 0 Å². The van der Waals surface area contributed by atoms with Gasteiger partial charge in [0.2, 0.25) is 0 Å². The second-order valence-corrected chi connectivity index (χ2v) is 6.45. The fourth-order valence-electron chi connectivity index (χ4n) is 2.04. The minimum absolute atomic E-state index is 0.0177. The van der Waals surface area contributed by atoms with Crippen LogP contribution in [0.1, 0.15) is 26.3 Å². The van der Waals surface area contributed by atoms with Crippen molar-refractivity contribution in [3.05, 3.63) is 34.1 Å². The van der Waals surface area contributed by atoms with Gasteiger partial charge in [0.15, 0.2) is 0 Å². The molecule has 2 nitrogen and oxygen atoms in total. The van der Waals surface area contributed by atoms with E-state index in [0.29, 0.717) is 6.04 Å². The molecule has 19 heavy (non-hydrogen) atoms. The number of halogens is 2. The number of hydrogen-bond acceptors (Lipinski definition) is 2. The summed E-state index contributed by atoms with van der Waals surface area (Å²) in [5.41, 5.74) is 1.14. The van der Waals surface area contributed by atoms with Crippen LogP contribution in [0.2, 0.25) is 0 Å². The maximum atomic E-state index is 13.1. The van der Waals surface area contributed by atoms with Gasteiger partial charge in [-0.3, -0.25) is 0 Å². The second-order valence-electron chi connectivity index (χ2n) is 5.60. The number of hydrogen-bond donors (Lipinski definition) is 1. The van der Waals surface area contributed by atoms with E-state index < -0.39 is 0 Å².